The second kappa shape index (κ2) is 11.2. The summed E-state index contributed by atoms with van der Waals surface area (Å²) in [6.45, 7) is 4.29. The van der Waals surface area contributed by atoms with Crippen LogP contribution in [0.5, 0.6) is 0 Å². The molecule has 0 bridgehead atoms. The van der Waals surface area contributed by atoms with Gasteiger partial charge < -0.3 is 14.7 Å². The van der Waals surface area contributed by atoms with E-state index in [0.29, 0.717) is 18.6 Å². The molecule has 30 heavy (non-hydrogen) atoms. The molecule has 0 amide bonds. The third-order valence-corrected chi connectivity index (χ3v) is 6.30. The van der Waals surface area contributed by atoms with Gasteiger partial charge in [-0.1, -0.05) is 58.3 Å². The van der Waals surface area contributed by atoms with Gasteiger partial charge in [-0.15, -0.1) is 0 Å². The van der Waals surface area contributed by atoms with Crippen LogP contribution in [0, 0.1) is 6.92 Å². The summed E-state index contributed by atoms with van der Waals surface area (Å²) in [7, 11) is 0. The molecule has 170 valence electrons. The lowest BCUT2D eigenvalue weighted by molar-refractivity contribution is -0.286. The zero-order chi connectivity index (χ0) is 21.5. The van der Waals surface area contributed by atoms with Gasteiger partial charge in [-0.3, -0.25) is 14.3 Å². The number of aromatic nitrogens is 2. The van der Waals surface area contributed by atoms with Gasteiger partial charge in [0.15, 0.2) is 0 Å². The number of unbranched alkanes of at least 4 members (excludes halogenated alkanes) is 8. The molecule has 0 spiro atoms. The minimum absolute atomic E-state index is 0.216. The molecule has 8 heteroatoms. The maximum Gasteiger partial charge on any atom is 0.330 e. The molecule has 3 heterocycles. The van der Waals surface area contributed by atoms with Crippen LogP contribution in [0.2, 0.25) is 0 Å². The van der Waals surface area contributed by atoms with E-state index in [4.69, 9.17) is 9.47 Å². The fourth-order valence-corrected chi connectivity index (χ4v) is 4.46. The quantitative estimate of drug-likeness (QED) is 0.529. The smallest absolute Gasteiger partial charge is 0.330 e. The molecule has 0 saturated carbocycles. The number of aryl methyl sites for hydroxylation is 1. The van der Waals surface area contributed by atoms with Crippen molar-refractivity contribution in [3.63, 3.8) is 0 Å². The molecule has 3 rings (SSSR count). The first kappa shape index (κ1) is 23.2. The predicted molar refractivity (Wildman–Crippen MR) is 114 cm³/mol. The second-order valence-electron chi connectivity index (χ2n) is 8.70. The summed E-state index contributed by atoms with van der Waals surface area (Å²) >= 11 is 0. The molecule has 1 unspecified atom stereocenters. The van der Waals surface area contributed by atoms with Gasteiger partial charge in [0.2, 0.25) is 0 Å². The molecule has 2 aliphatic rings. The number of hydrogen-bond acceptors (Lipinski definition) is 6. The minimum Gasteiger partial charge on any atom is -0.358 e. The summed E-state index contributed by atoms with van der Waals surface area (Å²) in [5.41, 5.74) is -0.431. The molecule has 0 aromatic carbocycles. The van der Waals surface area contributed by atoms with Crippen LogP contribution < -0.4 is 11.2 Å². The summed E-state index contributed by atoms with van der Waals surface area (Å²) < 4.78 is 13.2. The Bertz CT molecular complexity index is 777. The first-order valence-electron chi connectivity index (χ1n) is 11.6. The van der Waals surface area contributed by atoms with Crippen molar-refractivity contribution in [1.29, 1.82) is 0 Å². The summed E-state index contributed by atoms with van der Waals surface area (Å²) in [5.74, 6) is 0. The van der Waals surface area contributed by atoms with E-state index in [2.05, 4.69) is 11.9 Å². The number of rotatable bonds is 11. The lowest BCUT2D eigenvalue weighted by Gasteiger charge is -2.38. The zero-order valence-corrected chi connectivity index (χ0v) is 18.3. The fraction of sp³-hybridized carbons (Fsp3) is 0.818. The average molecular weight is 424 g/mol. The van der Waals surface area contributed by atoms with Gasteiger partial charge in [-0.05, 0) is 19.8 Å². The van der Waals surface area contributed by atoms with Gasteiger partial charge in [0.1, 0.15) is 18.6 Å². The molecule has 0 aliphatic carbocycles. The number of H-pyrrole nitrogens is 1. The van der Waals surface area contributed by atoms with Crippen molar-refractivity contribution in [2.24, 2.45) is 0 Å². The Morgan fingerprint density at radius 2 is 1.77 bits per heavy atom. The lowest BCUT2D eigenvalue weighted by atomic mass is 10.0. The normalized spacial score (nSPS) is 26.8. The largest absolute Gasteiger partial charge is 0.358 e. The van der Waals surface area contributed by atoms with E-state index in [9.17, 15) is 14.8 Å². The van der Waals surface area contributed by atoms with Crippen LogP contribution in [-0.2, 0) is 9.47 Å². The summed E-state index contributed by atoms with van der Waals surface area (Å²) in [6, 6.07) is -0.216. The van der Waals surface area contributed by atoms with E-state index in [1.165, 1.54) is 60.8 Å². The van der Waals surface area contributed by atoms with Crippen LogP contribution in [0.1, 0.15) is 89.3 Å². The fourth-order valence-electron chi connectivity index (χ4n) is 4.46. The van der Waals surface area contributed by atoms with Crippen LogP contribution in [-0.4, -0.2) is 44.8 Å². The third kappa shape index (κ3) is 5.81. The summed E-state index contributed by atoms with van der Waals surface area (Å²) in [5, 5.41) is 12.0. The minimum atomic E-state index is -0.521. The Morgan fingerprint density at radius 3 is 2.47 bits per heavy atom. The van der Waals surface area contributed by atoms with E-state index in [0.717, 1.165) is 19.3 Å². The number of nitrogens with one attached hydrogen (secondary N) is 1. The van der Waals surface area contributed by atoms with Crippen LogP contribution >= 0.6 is 0 Å². The molecule has 2 saturated heterocycles. The van der Waals surface area contributed by atoms with Crippen LogP contribution in [0.25, 0.3) is 0 Å². The molecular weight excluding hydrogens is 386 g/mol. The third-order valence-electron chi connectivity index (χ3n) is 6.30. The second-order valence-corrected chi connectivity index (χ2v) is 8.70. The number of hydroxylamine groups is 2. The molecule has 1 aromatic heterocycles. The molecule has 1 aromatic rings. The van der Waals surface area contributed by atoms with Crippen molar-refractivity contribution >= 4 is 0 Å². The first-order valence-corrected chi connectivity index (χ1v) is 11.6. The Morgan fingerprint density at radius 1 is 1.10 bits per heavy atom. The molecule has 2 fully saturated rings. The van der Waals surface area contributed by atoms with Crippen molar-refractivity contribution in [2.45, 2.75) is 109 Å². The topological polar surface area (TPSA) is 96.8 Å². The van der Waals surface area contributed by atoms with Crippen LogP contribution in [0.15, 0.2) is 15.8 Å². The van der Waals surface area contributed by atoms with Crippen molar-refractivity contribution in [3.05, 3.63) is 32.6 Å². The molecule has 2 N–H and O–H groups in total. The van der Waals surface area contributed by atoms with Gasteiger partial charge >= 0.3 is 5.69 Å². The molecule has 8 nitrogen and oxygen atoms in total. The van der Waals surface area contributed by atoms with Crippen LogP contribution in [0.3, 0.4) is 0 Å². The molecule has 0 radical (unpaired) electrons. The molecular formula is C22H37N3O5. The summed E-state index contributed by atoms with van der Waals surface area (Å²) in [6.07, 6.45) is 13.0. The van der Waals surface area contributed by atoms with Gasteiger partial charge in [0, 0.05) is 18.2 Å². The number of aromatic amines is 1. The maximum atomic E-state index is 12.2. The Labute approximate surface area is 178 Å². The van der Waals surface area contributed by atoms with Crippen molar-refractivity contribution in [3.8, 4) is 0 Å². The van der Waals surface area contributed by atoms with Gasteiger partial charge in [0.25, 0.3) is 5.56 Å². The highest BCUT2D eigenvalue weighted by Crippen LogP contribution is 2.35. The van der Waals surface area contributed by atoms with Crippen molar-refractivity contribution in [2.75, 3.05) is 6.61 Å². The van der Waals surface area contributed by atoms with Crippen LogP contribution in [0.4, 0.5) is 0 Å². The van der Waals surface area contributed by atoms with Gasteiger partial charge in [0.05, 0.1) is 12.6 Å². The molecule has 4 atom stereocenters. The lowest BCUT2D eigenvalue weighted by Crippen LogP contribution is -2.53. The Balaban J connectivity index is 1.43. The number of ether oxygens (including phenoxy) is 2. The monoisotopic (exact) mass is 423 g/mol. The maximum absolute atomic E-state index is 12.2. The van der Waals surface area contributed by atoms with Crippen molar-refractivity contribution < 1.29 is 14.7 Å². The Kier molecular flexibility index (Phi) is 8.68. The highest BCUT2D eigenvalue weighted by Gasteiger charge is 2.45. The number of hydrogen-bond donors (Lipinski definition) is 2. The van der Waals surface area contributed by atoms with Crippen molar-refractivity contribution in [1.82, 2.24) is 14.6 Å². The molecule has 2 aliphatic heterocycles. The first-order chi connectivity index (χ1) is 14.5. The van der Waals surface area contributed by atoms with Gasteiger partial charge in [-0.25, -0.2) is 4.79 Å². The van der Waals surface area contributed by atoms with E-state index in [1.54, 1.807) is 6.92 Å². The Hall–Kier alpha value is -1.48. The number of fused-ring (bicyclic) bond motifs is 1. The SMILES string of the molecule is CCCCCCCCCCCC1OC[C@H]2O[C@@H](n3cc(C)c(=O)[nH]c3=O)C[C@H]2N1O. The average Bonchev–Trinajstić information content (AvgIpc) is 3.16. The number of nitrogens with zero attached hydrogens (tertiary/aromatic N) is 2. The standard InChI is InChI=1S/C22H37N3O5/c1-3-4-5-6-7-8-9-10-11-12-19-25(28)17-13-20(30-18(17)15-29-19)24-14-16(2)21(26)23-22(24)27/h14,17-20,28H,3-13,15H2,1-2H3,(H,23,26,27)/t17-,18-,19?,20-/m1/s1. The summed E-state index contributed by atoms with van der Waals surface area (Å²) in [4.78, 5) is 26.1. The predicted octanol–water partition coefficient (Wildman–Crippen LogP) is 3.47. The van der Waals surface area contributed by atoms with E-state index < -0.39 is 11.9 Å². The van der Waals surface area contributed by atoms with E-state index in [-0.39, 0.29) is 23.9 Å². The van der Waals surface area contributed by atoms with E-state index in [1.807, 2.05) is 0 Å². The highest BCUT2D eigenvalue weighted by atomic mass is 16.6. The highest BCUT2D eigenvalue weighted by molar-refractivity contribution is 5.02. The zero-order valence-electron chi connectivity index (χ0n) is 18.3. The van der Waals surface area contributed by atoms with E-state index >= 15 is 0 Å². The van der Waals surface area contributed by atoms with Gasteiger partial charge in [-0.2, -0.15) is 5.06 Å².